The lowest BCUT2D eigenvalue weighted by Crippen LogP contribution is -2.13. The van der Waals surface area contributed by atoms with Crippen molar-refractivity contribution < 1.29 is 9.18 Å². The lowest BCUT2D eigenvalue weighted by Gasteiger charge is -2.09. The lowest BCUT2D eigenvalue weighted by atomic mass is 10.1. The highest BCUT2D eigenvalue weighted by atomic mass is 35.5. The largest absolute Gasteiger partial charge is 0.321 e. The second kappa shape index (κ2) is 9.33. The lowest BCUT2D eigenvalue weighted by molar-refractivity contribution is 0.102. The van der Waals surface area contributed by atoms with Gasteiger partial charge in [-0.05, 0) is 65.7 Å². The highest BCUT2D eigenvalue weighted by molar-refractivity contribution is 6.32. The molecule has 0 aliphatic heterocycles. The normalized spacial score (nSPS) is 10.8. The van der Waals surface area contributed by atoms with Crippen LogP contribution >= 0.6 is 11.6 Å². The summed E-state index contributed by atoms with van der Waals surface area (Å²) >= 11 is 6.41. The monoisotopic (exact) mass is 467 g/mol. The fraction of sp³-hybridized carbons (Fsp3) is 0. The molecule has 0 aliphatic rings. The summed E-state index contributed by atoms with van der Waals surface area (Å²) in [4.78, 5) is 13.1. The van der Waals surface area contributed by atoms with Crippen molar-refractivity contribution >= 4 is 23.2 Å². The third kappa shape index (κ3) is 4.47. The number of rotatable bonds is 5. The first kappa shape index (κ1) is 21.6. The Morgan fingerprint density at radius 1 is 0.765 bits per heavy atom. The van der Waals surface area contributed by atoms with Crippen LogP contribution in [0.5, 0.6) is 0 Å². The summed E-state index contributed by atoms with van der Waals surface area (Å²) in [7, 11) is 0. The van der Waals surface area contributed by atoms with Crippen molar-refractivity contribution in [2.75, 3.05) is 5.32 Å². The number of amides is 1. The van der Waals surface area contributed by atoms with Crippen LogP contribution in [0, 0.1) is 5.82 Å². The minimum atomic E-state index is -0.360. The molecule has 1 N–H and O–H groups in total. The molecule has 0 atom stereocenters. The highest BCUT2D eigenvalue weighted by Crippen LogP contribution is 2.28. The van der Waals surface area contributed by atoms with Gasteiger partial charge < -0.3 is 5.32 Å². The van der Waals surface area contributed by atoms with Crippen molar-refractivity contribution in [1.82, 2.24) is 9.78 Å². The Balaban J connectivity index is 1.46. The molecule has 5 aromatic rings. The van der Waals surface area contributed by atoms with Crippen LogP contribution < -0.4 is 5.32 Å². The van der Waals surface area contributed by atoms with E-state index in [9.17, 15) is 9.18 Å². The van der Waals surface area contributed by atoms with E-state index in [2.05, 4.69) is 10.4 Å². The van der Waals surface area contributed by atoms with Gasteiger partial charge in [0, 0.05) is 11.3 Å². The second-order valence-electron chi connectivity index (χ2n) is 7.68. The minimum absolute atomic E-state index is 0.214. The van der Waals surface area contributed by atoms with E-state index in [0.717, 1.165) is 11.1 Å². The Bertz CT molecular complexity index is 1450. The molecule has 5 rings (SSSR count). The van der Waals surface area contributed by atoms with Crippen LogP contribution in [-0.4, -0.2) is 15.7 Å². The molecule has 0 aliphatic carbocycles. The number of anilines is 1. The summed E-state index contributed by atoms with van der Waals surface area (Å²) in [5.74, 6) is -0.703. The third-order valence-electron chi connectivity index (χ3n) is 5.41. The SMILES string of the molecule is O=C(Nc1ccc(-c2ccccc2)cc1)c1cc(-c2ccc(F)cc2)n(-c2ccccc2Cl)n1. The minimum Gasteiger partial charge on any atom is -0.321 e. The number of benzene rings is 4. The average molecular weight is 468 g/mol. The molecule has 4 nitrogen and oxygen atoms in total. The maximum absolute atomic E-state index is 13.5. The van der Waals surface area contributed by atoms with Crippen LogP contribution in [0.4, 0.5) is 10.1 Å². The maximum atomic E-state index is 13.5. The van der Waals surface area contributed by atoms with Gasteiger partial charge in [0.25, 0.3) is 5.91 Å². The van der Waals surface area contributed by atoms with Crippen molar-refractivity contribution in [1.29, 1.82) is 0 Å². The number of para-hydroxylation sites is 1. The summed E-state index contributed by atoms with van der Waals surface area (Å²) in [6.07, 6.45) is 0. The Morgan fingerprint density at radius 3 is 2.09 bits per heavy atom. The first-order valence-corrected chi connectivity index (χ1v) is 11.0. The molecule has 6 heteroatoms. The van der Waals surface area contributed by atoms with Crippen molar-refractivity contribution in [3.8, 4) is 28.1 Å². The van der Waals surface area contributed by atoms with Gasteiger partial charge in [0.1, 0.15) is 5.82 Å². The van der Waals surface area contributed by atoms with E-state index in [1.165, 1.54) is 12.1 Å². The zero-order valence-electron chi connectivity index (χ0n) is 18.0. The van der Waals surface area contributed by atoms with Gasteiger partial charge in [-0.15, -0.1) is 0 Å². The van der Waals surface area contributed by atoms with Crippen LogP contribution in [0.25, 0.3) is 28.1 Å². The smallest absolute Gasteiger partial charge is 0.276 e. The van der Waals surface area contributed by atoms with E-state index in [-0.39, 0.29) is 17.4 Å². The quantitative estimate of drug-likeness (QED) is 0.296. The second-order valence-corrected chi connectivity index (χ2v) is 8.09. The fourth-order valence-corrected chi connectivity index (χ4v) is 3.91. The standard InChI is InChI=1S/C28H19ClFN3O/c29-24-8-4-5-9-26(24)33-27(21-10-14-22(30)15-11-21)18-25(32-33)28(34)31-23-16-12-20(13-17-23)19-6-2-1-3-7-19/h1-18H,(H,31,34). The molecule has 4 aromatic carbocycles. The number of hydrogen-bond donors (Lipinski definition) is 1. The number of halogens is 2. The predicted molar refractivity (Wildman–Crippen MR) is 134 cm³/mol. The van der Waals surface area contributed by atoms with Gasteiger partial charge in [-0.2, -0.15) is 5.10 Å². The molecule has 0 fully saturated rings. The molecule has 34 heavy (non-hydrogen) atoms. The first-order chi connectivity index (χ1) is 16.6. The number of carbonyl (C=O) groups is 1. The summed E-state index contributed by atoms with van der Waals surface area (Å²) in [5.41, 5.74) is 4.97. The number of aromatic nitrogens is 2. The van der Waals surface area contributed by atoms with Crippen LogP contribution in [0.1, 0.15) is 10.5 Å². The zero-order valence-corrected chi connectivity index (χ0v) is 18.7. The van der Waals surface area contributed by atoms with E-state index in [0.29, 0.717) is 27.7 Å². The number of carbonyl (C=O) groups excluding carboxylic acids is 1. The Morgan fingerprint density at radius 2 is 1.38 bits per heavy atom. The van der Waals surface area contributed by atoms with Crippen molar-refractivity contribution in [3.63, 3.8) is 0 Å². The predicted octanol–water partition coefficient (Wildman–Crippen LogP) is 7.25. The van der Waals surface area contributed by atoms with Gasteiger partial charge in [-0.1, -0.05) is 66.2 Å². The van der Waals surface area contributed by atoms with E-state index >= 15 is 0 Å². The van der Waals surface area contributed by atoms with Gasteiger partial charge in [0.2, 0.25) is 0 Å². The molecule has 0 bridgehead atoms. The van der Waals surface area contributed by atoms with Gasteiger partial charge in [-0.25, -0.2) is 9.07 Å². The molecule has 0 radical (unpaired) electrons. The molecule has 1 amide bonds. The third-order valence-corrected chi connectivity index (χ3v) is 5.73. The molecule has 0 saturated heterocycles. The van der Waals surface area contributed by atoms with Crippen LogP contribution in [0.2, 0.25) is 5.02 Å². The summed E-state index contributed by atoms with van der Waals surface area (Å²) in [6.45, 7) is 0. The molecule has 0 spiro atoms. The maximum Gasteiger partial charge on any atom is 0.276 e. The van der Waals surface area contributed by atoms with Crippen LogP contribution in [0.3, 0.4) is 0 Å². The van der Waals surface area contributed by atoms with E-state index < -0.39 is 0 Å². The van der Waals surface area contributed by atoms with E-state index in [4.69, 9.17) is 11.6 Å². The van der Waals surface area contributed by atoms with Crippen molar-refractivity contribution in [2.24, 2.45) is 0 Å². The Hall–Kier alpha value is -4.22. The average Bonchev–Trinajstić information content (AvgIpc) is 3.31. The number of nitrogens with one attached hydrogen (secondary N) is 1. The molecule has 0 saturated carbocycles. The van der Waals surface area contributed by atoms with Gasteiger partial charge in [-0.3, -0.25) is 4.79 Å². The fourth-order valence-electron chi connectivity index (χ4n) is 3.70. The van der Waals surface area contributed by atoms with Crippen molar-refractivity contribution in [2.45, 2.75) is 0 Å². The molecule has 1 aromatic heterocycles. The molecule has 166 valence electrons. The number of nitrogens with zero attached hydrogens (tertiary/aromatic N) is 2. The van der Waals surface area contributed by atoms with Gasteiger partial charge in [0.05, 0.1) is 16.4 Å². The van der Waals surface area contributed by atoms with E-state index in [1.807, 2.05) is 72.8 Å². The van der Waals surface area contributed by atoms with Gasteiger partial charge in [0.15, 0.2) is 5.69 Å². The summed E-state index contributed by atoms with van der Waals surface area (Å²) in [6, 6.07) is 32.5. The number of hydrogen-bond acceptors (Lipinski definition) is 2. The van der Waals surface area contributed by atoms with Gasteiger partial charge >= 0.3 is 0 Å². The van der Waals surface area contributed by atoms with Crippen molar-refractivity contribution in [3.05, 3.63) is 126 Å². The molecule has 1 heterocycles. The first-order valence-electron chi connectivity index (χ1n) is 10.7. The molecular weight excluding hydrogens is 449 g/mol. The Labute approximate surface area is 201 Å². The highest BCUT2D eigenvalue weighted by Gasteiger charge is 2.18. The van der Waals surface area contributed by atoms with Crippen LogP contribution in [0.15, 0.2) is 109 Å². The molecular formula is C28H19ClFN3O. The summed E-state index contributed by atoms with van der Waals surface area (Å²) < 4.78 is 15.1. The topological polar surface area (TPSA) is 46.9 Å². The zero-order chi connectivity index (χ0) is 23.5. The molecule has 0 unspecified atom stereocenters. The van der Waals surface area contributed by atoms with Crippen LogP contribution in [-0.2, 0) is 0 Å². The van der Waals surface area contributed by atoms with E-state index in [1.54, 1.807) is 28.9 Å². The Kier molecular flexibility index (Phi) is 5.93. The summed E-state index contributed by atoms with van der Waals surface area (Å²) in [5, 5.41) is 7.91.